The molecule has 15 heavy (non-hydrogen) atoms. The zero-order chi connectivity index (χ0) is 11.8. The highest BCUT2D eigenvalue weighted by molar-refractivity contribution is 5.72. The molecule has 0 saturated carbocycles. The number of aliphatic carboxylic acids is 1. The van der Waals surface area contributed by atoms with Gasteiger partial charge in [-0.3, -0.25) is 4.79 Å². The Morgan fingerprint density at radius 2 is 1.87 bits per heavy atom. The van der Waals surface area contributed by atoms with Gasteiger partial charge in [-0.05, 0) is 25.7 Å². The van der Waals surface area contributed by atoms with Gasteiger partial charge in [0.25, 0.3) is 0 Å². The van der Waals surface area contributed by atoms with Crippen molar-refractivity contribution in [1.29, 1.82) is 0 Å². The van der Waals surface area contributed by atoms with Crippen LogP contribution in [-0.2, 0) is 4.79 Å². The molecule has 0 heterocycles. The van der Waals surface area contributed by atoms with E-state index in [0.717, 1.165) is 0 Å². The van der Waals surface area contributed by atoms with Gasteiger partial charge >= 0.3 is 5.97 Å². The van der Waals surface area contributed by atoms with Crippen LogP contribution in [0.1, 0.15) is 25.7 Å². The van der Waals surface area contributed by atoms with E-state index in [1.807, 2.05) is 0 Å². The minimum absolute atomic E-state index is 0.229. The molecule has 6 nitrogen and oxygen atoms in total. The molecular weight excluding hydrogens is 200 g/mol. The molecule has 0 fully saturated rings. The van der Waals surface area contributed by atoms with E-state index in [0.29, 0.717) is 25.7 Å². The molecule has 0 bridgehead atoms. The highest BCUT2D eigenvalue weighted by Gasteiger charge is 2.13. The van der Waals surface area contributed by atoms with E-state index >= 15 is 0 Å². The lowest BCUT2D eigenvalue weighted by molar-refractivity contribution is -0.138. The summed E-state index contributed by atoms with van der Waals surface area (Å²) in [6, 6.07) is -1.08. The summed E-state index contributed by atoms with van der Waals surface area (Å²) in [4.78, 5) is 10.4. The Morgan fingerprint density at radius 1 is 1.27 bits per heavy atom. The van der Waals surface area contributed by atoms with Crippen molar-refractivity contribution in [2.45, 2.75) is 43.9 Å². The van der Waals surface area contributed by atoms with Crippen molar-refractivity contribution < 1.29 is 20.1 Å². The van der Waals surface area contributed by atoms with Crippen LogP contribution in [0, 0.1) is 0 Å². The van der Waals surface area contributed by atoms with E-state index in [2.05, 4.69) is 0 Å². The SMILES string of the molecule is NC(CCC[C@H](N)C(=O)O)CC(O)CO. The maximum atomic E-state index is 10.4. The van der Waals surface area contributed by atoms with Gasteiger partial charge in [0, 0.05) is 6.04 Å². The second kappa shape index (κ2) is 7.58. The number of aliphatic hydroxyl groups is 2. The molecule has 0 aromatic rings. The first-order valence-corrected chi connectivity index (χ1v) is 5.00. The lowest BCUT2D eigenvalue weighted by atomic mass is 10.0. The Balaban J connectivity index is 3.54. The van der Waals surface area contributed by atoms with Crippen LogP contribution in [0.15, 0.2) is 0 Å². The van der Waals surface area contributed by atoms with E-state index in [4.69, 9.17) is 26.8 Å². The maximum Gasteiger partial charge on any atom is 0.320 e. The monoisotopic (exact) mass is 220 g/mol. The van der Waals surface area contributed by atoms with Crippen molar-refractivity contribution in [2.75, 3.05) is 6.61 Å². The first-order chi connectivity index (χ1) is 6.97. The molecule has 7 N–H and O–H groups in total. The molecular formula is C9H20N2O4. The fraction of sp³-hybridized carbons (Fsp3) is 0.889. The summed E-state index contributed by atoms with van der Waals surface area (Å²) in [7, 11) is 0. The Morgan fingerprint density at radius 3 is 2.33 bits per heavy atom. The van der Waals surface area contributed by atoms with Gasteiger partial charge in [0.15, 0.2) is 0 Å². The Bertz CT molecular complexity index is 189. The van der Waals surface area contributed by atoms with Gasteiger partial charge in [-0.25, -0.2) is 0 Å². The Kier molecular flexibility index (Phi) is 7.23. The standard InChI is InChI=1S/C9H20N2O4/c10-6(4-7(13)5-12)2-1-3-8(11)9(14)15/h6-8,12-13H,1-5,10-11H2,(H,14,15)/t6?,7?,8-/m0/s1. The normalized spacial score (nSPS) is 17.1. The average molecular weight is 220 g/mol. The fourth-order valence-electron chi connectivity index (χ4n) is 1.27. The van der Waals surface area contributed by atoms with Crippen molar-refractivity contribution in [1.82, 2.24) is 0 Å². The zero-order valence-corrected chi connectivity index (χ0v) is 8.67. The zero-order valence-electron chi connectivity index (χ0n) is 8.67. The fourth-order valence-corrected chi connectivity index (χ4v) is 1.27. The van der Waals surface area contributed by atoms with Gasteiger partial charge in [-0.1, -0.05) is 0 Å². The molecule has 0 aliphatic carbocycles. The minimum atomic E-state index is -1.01. The minimum Gasteiger partial charge on any atom is -0.480 e. The first kappa shape index (κ1) is 14.3. The van der Waals surface area contributed by atoms with E-state index in [9.17, 15) is 4.79 Å². The summed E-state index contributed by atoms with van der Waals surface area (Å²) in [6.07, 6.45) is 1.09. The van der Waals surface area contributed by atoms with Crippen LogP contribution in [-0.4, -0.2) is 46.1 Å². The van der Waals surface area contributed by atoms with E-state index in [1.165, 1.54) is 0 Å². The predicted molar refractivity (Wildman–Crippen MR) is 55.1 cm³/mol. The molecule has 0 amide bonds. The van der Waals surface area contributed by atoms with E-state index < -0.39 is 18.1 Å². The molecule has 0 aliphatic rings. The largest absolute Gasteiger partial charge is 0.480 e. The van der Waals surface area contributed by atoms with Crippen LogP contribution in [0.5, 0.6) is 0 Å². The van der Waals surface area contributed by atoms with Crippen LogP contribution in [0.4, 0.5) is 0 Å². The third-order valence-electron chi connectivity index (χ3n) is 2.19. The molecule has 6 heteroatoms. The number of carboxylic acid groups (broad SMARTS) is 1. The summed E-state index contributed by atoms with van der Waals surface area (Å²) >= 11 is 0. The quantitative estimate of drug-likeness (QED) is 0.343. The van der Waals surface area contributed by atoms with Gasteiger partial charge in [-0.2, -0.15) is 0 Å². The number of rotatable bonds is 8. The molecule has 90 valence electrons. The highest BCUT2D eigenvalue weighted by Crippen LogP contribution is 2.06. The molecule has 3 atom stereocenters. The molecule has 0 rings (SSSR count). The summed E-state index contributed by atoms with van der Waals surface area (Å²) < 4.78 is 0. The summed E-state index contributed by atoms with van der Waals surface area (Å²) in [5.74, 6) is -1.01. The molecule has 0 aromatic heterocycles. The van der Waals surface area contributed by atoms with Crippen LogP contribution >= 0.6 is 0 Å². The summed E-state index contributed by atoms with van der Waals surface area (Å²) in [6.45, 7) is -0.303. The van der Waals surface area contributed by atoms with E-state index in [1.54, 1.807) is 0 Å². The van der Waals surface area contributed by atoms with Crippen molar-refractivity contribution in [3.8, 4) is 0 Å². The van der Waals surface area contributed by atoms with Crippen LogP contribution < -0.4 is 11.5 Å². The van der Waals surface area contributed by atoms with Gasteiger partial charge in [0.05, 0.1) is 12.7 Å². The predicted octanol–water partition coefficient (Wildman–Crippen LogP) is -1.36. The number of nitrogens with two attached hydrogens (primary N) is 2. The highest BCUT2D eigenvalue weighted by atomic mass is 16.4. The lowest BCUT2D eigenvalue weighted by Gasteiger charge is -2.15. The topological polar surface area (TPSA) is 130 Å². The number of hydrogen-bond acceptors (Lipinski definition) is 5. The molecule has 0 radical (unpaired) electrons. The maximum absolute atomic E-state index is 10.4. The molecule has 0 aliphatic heterocycles. The molecule has 0 saturated heterocycles. The number of hydrogen-bond donors (Lipinski definition) is 5. The van der Waals surface area contributed by atoms with Crippen LogP contribution in [0.25, 0.3) is 0 Å². The molecule has 0 spiro atoms. The number of carboxylic acids is 1. The summed E-state index contributed by atoms with van der Waals surface area (Å²) in [5.41, 5.74) is 11.0. The van der Waals surface area contributed by atoms with Crippen molar-refractivity contribution in [2.24, 2.45) is 11.5 Å². The number of carbonyl (C=O) groups is 1. The second-order valence-corrected chi connectivity index (χ2v) is 3.71. The Labute approximate surface area is 88.9 Å². The third-order valence-corrected chi connectivity index (χ3v) is 2.19. The smallest absolute Gasteiger partial charge is 0.320 e. The Hall–Kier alpha value is -0.690. The first-order valence-electron chi connectivity index (χ1n) is 5.00. The van der Waals surface area contributed by atoms with Crippen molar-refractivity contribution in [3.05, 3.63) is 0 Å². The van der Waals surface area contributed by atoms with Crippen molar-refractivity contribution in [3.63, 3.8) is 0 Å². The molecule has 2 unspecified atom stereocenters. The average Bonchev–Trinajstić information content (AvgIpc) is 2.17. The van der Waals surface area contributed by atoms with Crippen LogP contribution in [0.2, 0.25) is 0 Å². The second-order valence-electron chi connectivity index (χ2n) is 3.71. The summed E-state index contributed by atoms with van der Waals surface area (Å²) in [5, 5.41) is 26.1. The van der Waals surface area contributed by atoms with Crippen molar-refractivity contribution >= 4 is 5.97 Å². The van der Waals surface area contributed by atoms with Gasteiger partial charge in [-0.15, -0.1) is 0 Å². The lowest BCUT2D eigenvalue weighted by Crippen LogP contribution is -2.31. The molecule has 0 aromatic carbocycles. The van der Waals surface area contributed by atoms with Gasteiger partial charge in [0.1, 0.15) is 6.04 Å². The van der Waals surface area contributed by atoms with E-state index in [-0.39, 0.29) is 12.6 Å². The van der Waals surface area contributed by atoms with Crippen LogP contribution in [0.3, 0.4) is 0 Å². The van der Waals surface area contributed by atoms with Gasteiger partial charge < -0.3 is 26.8 Å². The van der Waals surface area contributed by atoms with Gasteiger partial charge in [0.2, 0.25) is 0 Å². The number of aliphatic hydroxyl groups excluding tert-OH is 2. The third kappa shape index (κ3) is 7.26.